The molecule has 1 N–H and O–H groups in total. The highest BCUT2D eigenvalue weighted by Gasteiger charge is 2.26. The Balaban J connectivity index is 1.17. The fraction of sp³-hybridized carbons (Fsp3) is 0.0909. The number of fused-ring (bicyclic) bond motifs is 1. The molecule has 3 aromatic heterocycles. The monoisotopic (exact) mass is 627 g/mol. The van der Waals surface area contributed by atoms with Crippen LogP contribution in [-0.2, 0) is 16.1 Å². The molecule has 0 atom stereocenters. The highest BCUT2D eigenvalue weighted by Crippen LogP contribution is 2.39. The molecule has 0 saturated carbocycles. The van der Waals surface area contributed by atoms with Crippen molar-refractivity contribution < 1.29 is 27.5 Å². The van der Waals surface area contributed by atoms with Crippen LogP contribution < -0.4 is 15.0 Å². The molecule has 6 aromatic rings. The van der Waals surface area contributed by atoms with Gasteiger partial charge in [0.15, 0.2) is 11.6 Å². The summed E-state index contributed by atoms with van der Waals surface area (Å²) in [4.78, 5) is 36.6. The number of nitrogens with one attached hydrogen (secondary N) is 1. The summed E-state index contributed by atoms with van der Waals surface area (Å²) in [6.45, 7) is 2.81. The Hall–Kier alpha value is -5.49. The number of pyridine rings is 1. The van der Waals surface area contributed by atoms with Gasteiger partial charge >= 0.3 is 0 Å². The largest absolute Gasteiger partial charge is 0.453 e. The molecule has 0 aliphatic rings. The van der Waals surface area contributed by atoms with Crippen LogP contribution >= 0.6 is 11.3 Å². The quantitative estimate of drug-likeness (QED) is 0.164. The van der Waals surface area contributed by atoms with Crippen molar-refractivity contribution in [1.82, 2.24) is 14.5 Å². The Bertz CT molecular complexity index is 2000. The van der Waals surface area contributed by atoms with Gasteiger partial charge in [-0.15, -0.1) is 11.3 Å². The molecule has 0 bridgehead atoms. The van der Waals surface area contributed by atoms with Crippen molar-refractivity contribution in [3.8, 4) is 22.1 Å². The summed E-state index contributed by atoms with van der Waals surface area (Å²) in [6.07, 6.45) is 4.48. The van der Waals surface area contributed by atoms with Gasteiger partial charge in [0.05, 0.1) is 38.5 Å². The normalized spacial score (nSPS) is 11.0. The Morgan fingerprint density at radius 3 is 2.24 bits per heavy atom. The summed E-state index contributed by atoms with van der Waals surface area (Å²) in [6, 6.07) is 18.0. The van der Waals surface area contributed by atoms with Crippen molar-refractivity contribution in [2.45, 2.75) is 19.9 Å². The number of carbonyl (C=O) groups excluding carboxylic acids is 2. The number of anilines is 3. The SMILES string of the molecule is CCn1cnc(-c2cc3nccc(Oc4ccc(NC(=O)CC(=O)N(c5ccccc5F)c5ccccc5F)cc4F)c3s2)c1. The van der Waals surface area contributed by atoms with Crippen molar-refractivity contribution in [3.63, 3.8) is 0 Å². The van der Waals surface area contributed by atoms with E-state index < -0.39 is 35.7 Å². The number of benzene rings is 3. The topological polar surface area (TPSA) is 89.3 Å². The minimum atomic E-state index is -0.887. The first kappa shape index (κ1) is 29.6. The third kappa shape index (κ3) is 6.27. The third-order valence-corrected chi connectivity index (χ3v) is 7.97. The van der Waals surface area contributed by atoms with Crippen molar-refractivity contribution in [3.05, 3.63) is 115 Å². The van der Waals surface area contributed by atoms with E-state index in [1.807, 2.05) is 23.8 Å². The van der Waals surface area contributed by atoms with Crippen LogP contribution in [0.4, 0.5) is 30.2 Å². The van der Waals surface area contributed by atoms with Gasteiger partial charge in [-0.3, -0.25) is 19.5 Å². The molecule has 8 nitrogen and oxygen atoms in total. The maximum Gasteiger partial charge on any atom is 0.241 e. The lowest BCUT2D eigenvalue weighted by Gasteiger charge is -2.23. The van der Waals surface area contributed by atoms with Gasteiger partial charge in [-0.25, -0.2) is 18.2 Å². The van der Waals surface area contributed by atoms with Crippen LogP contribution in [0.2, 0.25) is 0 Å². The molecular weight excluding hydrogens is 603 g/mol. The van der Waals surface area contributed by atoms with Crippen LogP contribution in [-0.4, -0.2) is 26.3 Å². The van der Waals surface area contributed by atoms with E-state index in [1.54, 1.807) is 18.6 Å². The zero-order chi connectivity index (χ0) is 31.5. The van der Waals surface area contributed by atoms with E-state index in [1.165, 1.54) is 59.9 Å². The van der Waals surface area contributed by atoms with Gasteiger partial charge in [0.25, 0.3) is 0 Å². The lowest BCUT2D eigenvalue weighted by molar-refractivity contribution is -0.124. The minimum absolute atomic E-state index is 0.0609. The van der Waals surface area contributed by atoms with Crippen LogP contribution in [0.25, 0.3) is 20.8 Å². The average Bonchev–Trinajstić information content (AvgIpc) is 3.68. The molecule has 0 radical (unpaired) electrons. The second-order valence-corrected chi connectivity index (χ2v) is 10.9. The number of nitrogens with zero attached hydrogens (tertiary/aromatic N) is 4. The fourth-order valence-electron chi connectivity index (χ4n) is 4.65. The molecule has 45 heavy (non-hydrogen) atoms. The molecular formula is C33H24F3N5O3S. The summed E-state index contributed by atoms with van der Waals surface area (Å²) < 4.78 is 53.0. The van der Waals surface area contributed by atoms with Crippen LogP contribution in [0.15, 0.2) is 97.6 Å². The van der Waals surface area contributed by atoms with E-state index in [-0.39, 0.29) is 22.8 Å². The zero-order valence-corrected chi connectivity index (χ0v) is 24.5. The molecule has 0 aliphatic carbocycles. The van der Waals surface area contributed by atoms with E-state index in [2.05, 4.69) is 15.3 Å². The molecule has 226 valence electrons. The molecule has 0 unspecified atom stereocenters. The van der Waals surface area contributed by atoms with Crippen LogP contribution in [0.5, 0.6) is 11.5 Å². The number of para-hydroxylation sites is 2. The zero-order valence-electron chi connectivity index (χ0n) is 23.7. The van der Waals surface area contributed by atoms with Gasteiger partial charge in [0.2, 0.25) is 11.8 Å². The number of aromatic nitrogens is 3. The predicted molar refractivity (Wildman–Crippen MR) is 166 cm³/mol. The highest BCUT2D eigenvalue weighted by molar-refractivity contribution is 7.22. The summed E-state index contributed by atoms with van der Waals surface area (Å²) in [5.41, 5.74) is 1.10. The molecule has 12 heteroatoms. The number of rotatable bonds is 9. The van der Waals surface area contributed by atoms with E-state index in [9.17, 15) is 18.4 Å². The van der Waals surface area contributed by atoms with Crippen LogP contribution in [0.3, 0.4) is 0 Å². The number of imidazole rings is 1. The standard InChI is InChI=1S/C33H24F3N5O3S/c1-2-40-18-25(38-19-40)30-16-24-33(45-30)29(13-14-37-24)44-28-12-11-20(15-23(28)36)39-31(42)17-32(43)41(26-9-5-3-7-21(26)34)27-10-6-4-8-22(27)35/h3-16,18-19H,2,17H2,1H3,(H,39,42). The fourth-order valence-corrected chi connectivity index (χ4v) is 5.67. The second kappa shape index (κ2) is 12.6. The van der Waals surface area contributed by atoms with Crippen molar-refractivity contribution in [2.24, 2.45) is 0 Å². The average molecular weight is 628 g/mol. The maximum atomic E-state index is 15.2. The maximum absolute atomic E-state index is 15.2. The lowest BCUT2D eigenvalue weighted by Crippen LogP contribution is -2.31. The lowest BCUT2D eigenvalue weighted by atomic mass is 10.2. The highest BCUT2D eigenvalue weighted by atomic mass is 32.1. The predicted octanol–water partition coefficient (Wildman–Crippen LogP) is 8.08. The Kier molecular flexibility index (Phi) is 8.30. The molecule has 6 rings (SSSR count). The third-order valence-electron chi connectivity index (χ3n) is 6.81. The Morgan fingerprint density at radius 2 is 1.60 bits per heavy atom. The molecule has 3 heterocycles. The summed E-state index contributed by atoms with van der Waals surface area (Å²) in [5, 5.41) is 2.46. The Morgan fingerprint density at radius 1 is 0.889 bits per heavy atom. The Labute approximate surface area is 259 Å². The number of hydrogen-bond donors (Lipinski definition) is 1. The van der Waals surface area contributed by atoms with E-state index in [4.69, 9.17) is 4.74 Å². The number of ether oxygens (including phenoxy) is 1. The molecule has 0 aliphatic heterocycles. The van der Waals surface area contributed by atoms with Crippen LogP contribution in [0.1, 0.15) is 13.3 Å². The van der Waals surface area contributed by atoms with Gasteiger partial charge < -0.3 is 14.6 Å². The van der Waals surface area contributed by atoms with Crippen LogP contribution in [0, 0.1) is 17.5 Å². The molecule has 0 spiro atoms. The second-order valence-electron chi connectivity index (χ2n) is 9.83. The van der Waals surface area contributed by atoms with Crippen molar-refractivity contribution in [2.75, 3.05) is 10.2 Å². The smallest absolute Gasteiger partial charge is 0.241 e. The first-order valence-corrected chi connectivity index (χ1v) is 14.6. The molecule has 0 saturated heterocycles. The number of halogens is 3. The van der Waals surface area contributed by atoms with E-state index >= 15 is 4.39 Å². The number of carbonyl (C=O) groups is 2. The van der Waals surface area contributed by atoms with Gasteiger partial charge in [0, 0.05) is 36.8 Å². The van der Waals surface area contributed by atoms with E-state index in [0.717, 1.165) is 40.2 Å². The van der Waals surface area contributed by atoms with Gasteiger partial charge in [-0.1, -0.05) is 24.3 Å². The summed E-state index contributed by atoms with van der Waals surface area (Å²) >= 11 is 1.42. The molecule has 3 aromatic carbocycles. The summed E-state index contributed by atoms with van der Waals surface area (Å²) in [7, 11) is 0. The minimum Gasteiger partial charge on any atom is -0.453 e. The van der Waals surface area contributed by atoms with Gasteiger partial charge in [0.1, 0.15) is 23.8 Å². The van der Waals surface area contributed by atoms with Gasteiger partial charge in [-0.2, -0.15) is 0 Å². The van der Waals surface area contributed by atoms with Crippen molar-refractivity contribution in [1.29, 1.82) is 0 Å². The first-order chi connectivity index (χ1) is 21.8. The number of aryl methyl sites for hydroxylation is 1. The number of hydrogen-bond acceptors (Lipinski definition) is 6. The molecule has 2 amide bonds. The van der Waals surface area contributed by atoms with Crippen molar-refractivity contribution >= 4 is 50.4 Å². The number of thiophene rings is 1. The van der Waals surface area contributed by atoms with Gasteiger partial charge in [-0.05, 0) is 49.4 Å². The number of amides is 2. The van der Waals surface area contributed by atoms with E-state index in [0.29, 0.717) is 16.0 Å². The summed E-state index contributed by atoms with van der Waals surface area (Å²) in [5.74, 6) is -3.70. The first-order valence-electron chi connectivity index (χ1n) is 13.8. The molecule has 0 fully saturated rings.